The lowest BCUT2D eigenvalue weighted by atomic mass is 10.1. The fourth-order valence-corrected chi connectivity index (χ4v) is 3.05. The van der Waals surface area contributed by atoms with E-state index in [-0.39, 0.29) is 5.91 Å². The van der Waals surface area contributed by atoms with Crippen LogP contribution in [0.3, 0.4) is 0 Å². The van der Waals surface area contributed by atoms with E-state index in [1.807, 2.05) is 31.2 Å². The highest BCUT2D eigenvalue weighted by Gasteiger charge is 2.14. The molecule has 1 amide bonds. The number of hydrogen-bond acceptors (Lipinski definition) is 4. The number of nitrogens with zero attached hydrogens (tertiary/aromatic N) is 2. The van der Waals surface area contributed by atoms with E-state index in [9.17, 15) is 4.79 Å². The van der Waals surface area contributed by atoms with Gasteiger partial charge in [-0.25, -0.2) is 0 Å². The lowest BCUT2D eigenvalue weighted by molar-refractivity contribution is 0.102. The topological polar surface area (TPSA) is 44.8 Å². The molecule has 0 saturated carbocycles. The molecule has 1 saturated heterocycles. The van der Waals surface area contributed by atoms with Gasteiger partial charge in [-0.1, -0.05) is 18.2 Å². The number of likely N-dealkylation sites (N-methyl/N-ethyl adjacent to an activating group) is 1. The van der Waals surface area contributed by atoms with Crippen molar-refractivity contribution in [3.8, 4) is 5.75 Å². The first-order chi connectivity index (χ1) is 12.6. The number of carbonyl (C=O) groups is 1. The lowest BCUT2D eigenvalue weighted by Crippen LogP contribution is -2.43. The van der Waals surface area contributed by atoms with Crippen molar-refractivity contribution < 1.29 is 9.53 Å². The predicted molar refractivity (Wildman–Crippen MR) is 105 cm³/mol. The molecule has 0 radical (unpaired) electrons. The number of hydrogen-bond donors (Lipinski definition) is 1. The maximum atomic E-state index is 12.4. The van der Waals surface area contributed by atoms with E-state index in [4.69, 9.17) is 4.74 Å². The zero-order chi connectivity index (χ0) is 18.4. The van der Waals surface area contributed by atoms with Crippen LogP contribution in [0.2, 0.25) is 0 Å². The number of benzene rings is 2. The van der Waals surface area contributed by atoms with Crippen LogP contribution in [0.5, 0.6) is 5.75 Å². The van der Waals surface area contributed by atoms with Gasteiger partial charge in [0.15, 0.2) is 0 Å². The smallest absolute Gasteiger partial charge is 0.255 e. The largest absolute Gasteiger partial charge is 0.494 e. The fourth-order valence-electron chi connectivity index (χ4n) is 3.05. The van der Waals surface area contributed by atoms with E-state index in [1.54, 1.807) is 12.1 Å². The molecular weight excluding hydrogens is 326 g/mol. The molecule has 1 aliphatic rings. The standard InChI is InChI=1S/C21H27N3O2/c1-3-26-20-6-4-5-18(15-20)21(25)22-19-9-7-17(8-10-19)16-24-13-11-23(2)12-14-24/h4-10,15H,3,11-14,16H2,1-2H3,(H,22,25). The summed E-state index contributed by atoms with van der Waals surface area (Å²) >= 11 is 0. The van der Waals surface area contributed by atoms with Crippen molar-refractivity contribution in [3.63, 3.8) is 0 Å². The minimum Gasteiger partial charge on any atom is -0.494 e. The molecule has 5 nitrogen and oxygen atoms in total. The zero-order valence-electron chi connectivity index (χ0n) is 15.6. The van der Waals surface area contributed by atoms with Crippen LogP contribution in [0.25, 0.3) is 0 Å². The number of amides is 1. The summed E-state index contributed by atoms with van der Waals surface area (Å²) < 4.78 is 5.45. The van der Waals surface area contributed by atoms with Crippen molar-refractivity contribution in [2.75, 3.05) is 45.2 Å². The van der Waals surface area contributed by atoms with Gasteiger partial charge in [0, 0.05) is 44.0 Å². The first-order valence-corrected chi connectivity index (χ1v) is 9.18. The third-order valence-corrected chi connectivity index (χ3v) is 4.62. The third-order valence-electron chi connectivity index (χ3n) is 4.62. The van der Waals surface area contributed by atoms with E-state index in [0.29, 0.717) is 17.9 Å². The SMILES string of the molecule is CCOc1cccc(C(=O)Nc2ccc(CN3CCN(C)CC3)cc2)c1. The normalized spacial score (nSPS) is 15.6. The highest BCUT2D eigenvalue weighted by atomic mass is 16.5. The summed E-state index contributed by atoms with van der Waals surface area (Å²) in [6.07, 6.45) is 0. The van der Waals surface area contributed by atoms with E-state index in [1.165, 1.54) is 5.56 Å². The average molecular weight is 353 g/mol. The van der Waals surface area contributed by atoms with Gasteiger partial charge >= 0.3 is 0 Å². The molecule has 1 heterocycles. The van der Waals surface area contributed by atoms with Crippen molar-refractivity contribution in [1.29, 1.82) is 0 Å². The molecule has 2 aromatic carbocycles. The Morgan fingerprint density at radius 2 is 1.81 bits per heavy atom. The minimum absolute atomic E-state index is 0.127. The van der Waals surface area contributed by atoms with E-state index < -0.39 is 0 Å². The van der Waals surface area contributed by atoms with Gasteiger partial charge in [0.05, 0.1) is 6.61 Å². The Kier molecular flexibility index (Phi) is 6.26. The second-order valence-corrected chi connectivity index (χ2v) is 6.69. The summed E-state index contributed by atoms with van der Waals surface area (Å²) in [4.78, 5) is 17.2. The van der Waals surface area contributed by atoms with Gasteiger partial charge in [-0.2, -0.15) is 0 Å². The number of rotatable bonds is 6. The number of piperazine rings is 1. The van der Waals surface area contributed by atoms with Crippen LogP contribution in [-0.2, 0) is 6.54 Å². The maximum absolute atomic E-state index is 12.4. The van der Waals surface area contributed by atoms with Crippen LogP contribution in [0.1, 0.15) is 22.8 Å². The summed E-state index contributed by atoms with van der Waals surface area (Å²) in [5.41, 5.74) is 2.67. The summed E-state index contributed by atoms with van der Waals surface area (Å²) in [6, 6.07) is 15.4. The van der Waals surface area contributed by atoms with Gasteiger partial charge in [-0.3, -0.25) is 9.69 Å². The quantitative estimate of drug-likeness (QED) is 0.867. The van der Waals surface area contributed by atoms with Crippen molar-refractivity contribution >= 4 is 11.6 Å². The van der Waals surface area contributed by atoms with Crippen molar-refractivity contribution in [2.45, 2.75) is 13.5 Å². The van der Waals surface area contributed by atoms with Gasteiger partial charge in [0.25, 0.3) is 5.91 Å². The lowest BCUT2D eigenvalue weighted by Gasteiger charge is -2.32. The molecule has 1 fully saturated rings. The Morgan fingerprint density at radius 1 is 1.08 bits per heavy atom. The molecular formula is C21H27N3O2. The molecule has 0 atom stereocenters. The molecule has 0 aliphatic carbocycles. The van der Waals surface area contributed by atoms with Crippen LogP contribution in [0, 0.1) is 0 Å². The van der Waals surface area contributed by atoms with Crippen molar-refractivity contribution in [3.05, 3.63) is 59.7 Å². The molecule has 0 bridgehead atoms. The van der Waals surface area contributed by atoms with E-state index in [2.05, 4.69) is 34.3 Å². The van der Waals surface area contributed by atoms with Crippen LogP contribution in [0.15, 0.2) is 48.5 Å². The monoisotopic (exact) mass is 353 g/mol. The average Bonchev–Trinajstić information content (AvgIpc) is 2.66. The Bertz CT molecular complexity index is 722. The van der Waals surface area contributed by atoms with Crippen LogP contribution in [0.4, 0.5) is 5.69 Å². The number of anilines is 1. The first kappa shape index (κ1) is 18.4. The third kappa shape index (κ3) is 5.07. The Hall–Kier alpha value is -2.37. The first-order valence-electron chi connectivity index (χ1n) is 9.18. The van der Waals surface area contributed by atoms with Gasteiger partial charge in [0.2, 0.25) is 0 Å². The highest BCUT2D eigenvalue weighted by Crippen LogP contribution is 2.17. The number of ether oxygens (including phenoxy) is 1. The summed E-state index contributed by atoms with van der Waals surface area (Å²) in [5.74, 6) is 0.584. The molecule has 0 unspecified atom stereocenters. The Morgan fingerprint density at radius 3 is 2.50 bits per heavy atom. The molecule has 1 N–H and O–H groups in total. The number of nitrogens with one attached hydrogen (secondary N) is 1. The molecule has 5 heteroatoms. The minimum atomic E-state index is -0.127. The van der Waals surface area contributed by atoms with Crippen molar-refractivity contribution in [1.82, 2.24) is 9.80 Å². The Balaban J connectivity index is 1.57. The van der Waals surface area contributed by atoms with Gasteiger partial charge in [-0.15, -0.1) is 0 Å². The molecule has 2 aromatic rings. The fraction of sp³-hybridized carbons (Fsp3) is 0.381. The van der Waals surface area contributed by atoms with E-state index >= 15 is 0 Å². The predicted octanol–water partition coefficient (Wildman–Crippen LogP) is 3.09. The molecule has 0 aromatic heterocycles. The van der Waals surface area contributed by atoms with Gasteiger partial charge < -0.3 is 15.0 Å². The van der Waals surface area contributed by atoms with Crippen LogP contribution < -0.4 is 10.1 Å². The van der Waals surface area contributed by atoms with Gasteiger partial charge in [0.1, 0.15) is 5.75 Å². The van der Waals surface area contributed by atoms with Crippen LogP contribution >= 0.6 is 0 Å². The molecule has 26 heavy (non-hydrogen) atoms. The van der Waals surface area contributed by atoms with E-state index in [0.717, 1.165) is 38.4 Å². The number of carbonyl (C=O) groups excluding carboxylic acids is 1. The summed E-state index contributed by atoms with van der Waals surface area (Å²) in [7, 11) is 2.17. The zero-order valence-corrected chi connectivity index (χ0v) is 15.6. The summed E-state index contributed by atoms with van der Waals surface area (Å²) in [6.45, 7) is 7.91. The van der Waals surface area contributed by atoms with Crippen LogP contribution in [-0.4, -0.2) is 55.5 Å². The van der Waals surface area contributed by atoms with Gasteiger partial charge in [-0.05, 0) is 49.9 Å². The second-order valence-electron chi connectivity index (χ2n) is 6.69. The maximum Gasteiger partial charge on any atom is 0.255 e. The molecule has 0 spiro atoms. The Labute approximate surface area is 155 Å². The second kappa shape index (κ2) is 8.83. The molecule has 1 aliphatic heterocycles. The summed E-state index contributed by atoms with van der Waals surface area (Å²) in [5, 5.41) is 2.95. The molecule has 138 valence electrons. The highest BCUT2D eigenvalue weighted by molar-refractivity contribution is 6.04. The van der Waals surface area contributed by atoms with Crippen molar-refractivity contribution in [2.24, 2.45) is 0 Å². The molecule has 3 rings (SSSR count).